The minimum atomic E-state index is -0.302. The normalized spacial score (nSPS) is 11.0. The quantitative estimate of drug-likeness (QED) is 0.503. The first-order chi connectivity index (χ1) is 12.5. The molecule has 0 aliphatic rings. The largest absolute Gasteiger partial charge is 0.322 e. The molecular weight excluding hydrogens is 391 g/mol. The maximum atomic E-state index is 12.4. The van der Waals surface area contributed by atoms with Crippen molar-refractivity contribution in [1.82, 2.24) is 14.4 Å². The molecular formula is C18H12Cl2N4OS. The SMILES string of the molecule is Cc1c(-c2cccc(NC(=O)c3cc(Cl)sc3Cl)c2)nc2ncccn12. The van der Waals surface area contributed by atoms with Gasteiger partial charge in [-0.05, 0) is 31.2 Å². The lowest BCUT2D eigenvalue weighted by atomic mass is 10.1. The predicted molar refractivity (Wildman–Crippen MR) is 105 cm³/mol. The molecule has 0 saturated carbocycles. The summed E-state index contributed by atoms with van der Waals surface area (Å²) >= 11 is 13.1. The van der Waals surface area contributed by atoms with Crippen LogP contribution in [0.25, 0.3) is 17.0 Å². The molecule has 5 nitrogen and oxygen atoms in total. The molecule has 0 fully saturated rings. The number of nitrogens with one attached hydrogen (secondary N) is 1. The molecule has 26 heavy (non-hydrogen) atoms. The first kappa shape index (κ1) is 17.0. The Morgan fingerprint density at radius 2 is 2.08 bits per heavy atom. The zero-order chi connectivity index (χ0) is 18.3. The number of fused-ring (bicyclic) bond motifs is 1. The van der Waals surface area contributed by atoms with E-state index in [0.717, 1.165) is 28.3 Å². The fourth-order valence-electron chi connectivity index (χ4n) is 2.71. The van der Waals surface area contributed by atoms with Crippen LogP contribution in [-0.2, 0) is 0 Å². The number of halogens is 2. The number of rotatable bonds is 3. The third-order valence-electron chi connectivity index (χ3n) is 3.94. The molecule has 0 radical (unpaired) electrons. The summed E-state index contributed by atoms with van der Waals surface area (Å²) in [6, 6.07) is 10.9. The number of thiophene rings is 1. The highest BCUT2D eigenvalue weighted by molar-refractivity contribution is 7.20. The number of carbonyl (C=O) groups is 1. The van der Waals surface area contributed by atoms with Gasteiger partial charge >= 0.3 is 0 Å². The number of hydrogen-bond acceptors (Lipinski definition) is 4. The first-order valence-electron chi connectivity index (χ1n) is 7.69. The molecule has 0 unspecified atom stereocenters. The van der Waals surface area contributed by atoms with Crippen LogP contribution in [0.2, 0.25) is 8.67 Å². The van der Waals surface area contributed by atoms with Gasteiger partial charge in [0.15, 0.2) is 0 Å². The van der Waals surface area contributed by atoms with Gasteiger partial charge in [0, 0.05) is 29.3 Å². The molecule has 4 aromatic rings. The third kappa shape index (κ3) is 3.07. The molecule has 1 amide bonds. The molecule has 130 valence electrons. The summed E-state index contributed by atoms with van der Waals surface area (Å²) in [5.41, 5.74) is 3.69. The van der Waals surface area contributed by atoms with Crippen LogP contribution in [-0.4, -0.2) is 20.3 Å². The summed E-state index contributed by atoms with van der Waals surface area (Å²) in [5, 5.41) is 2.85. The van der Waals surface area contributed by atoms with Crippen molar-refractivity contribution in [3.63, 3.8) is 0 Å². The fourth-order valence-corrected chi connectivity index (χ4v) is 4.17. The number of hydrogen-bond donors (Lipinski definition) is 1. The number of imidazole rings is 1. The van der Waals surface area contributed by atoms with Crippen molar-refractivity contribution in [2.24, 2.45) is 0 Å². The molecule has 1 N–H and O–H groups in total. The number of aromatic nitrogens is 3. The average Bonchev–Trinajstić information content (AvgIpc) is 3.15. The van der Waals surface area contributed by atoms with Gasteiger partial charge in [-0.25, -0.2) is 9.97 Å². The molecule has 1 aromatic carbocycles. The Kier molecular flexibility index (Phi) is 4.40. The van der Waals surface area contributed by atoms with E-state index in [2.05, 4.69) is 15.3 Å². The second-order valence-corrected chi connectivity index (χ2v) is 7.89. The molecule has 4 rings (SSSR count). The van der Waals surface area contributed by atoms with Crippen molar-refractivity contribution in [2.75, 3.05) is 5.32 Å². The predicted octanol–water partition coefficient (Wildman–Crippen LogP) is 5.33. The fraction of sp³-hybridized carbons (Fsp3) is 0.0556. The summed E-state index contributed by atoms with van der Waals surface area (Å²) in [6.07, 6.45) is 3.63. The van der Waals surface area contributed by atoms with E-state index in [0.29, 0.717) is 25.7 Å². The van der Waals surface area contributed by atoms with Gasteiger partial charge in [-0.3, -0.25) is 9.20 Å². The van der Waals surface area contributed by atoms with Crippen LogP contribution in [0.1, 0.15) is 16.1 Å². The van der Waals surface area contributed by atoms with Crippen molar-refractivity contribution >= 4 is 51.9 Å². The smallest absolute Gasteiger partial charge is 0.258 e. The molecule has 0 spiro atoms. The van der Waals surface area contributed by atoms with Gasteiger partial charge in [0.2, 0.25) is 5.78 Å². The molecule has 0 aliphatic carbocycles. The van der Waals surface area contributed by atoms with Crippen molar-refractivity contribution in [1.29, 1.82) is 0 Å². The van der Waals surface area contributed by atoms with Gasteiger partial charge in [0.05, 0.1) is 15.6 Å². The highest BCUT2D eigenvalue weighted by atomic mass is 35.5. The van der Waals surface area contributed by atoms with Crippen LogP contribution < -0.4 is 5.32 Å². The lowest BCUT2D eigenvalue weighted by molar-refractivity contribution is 0.102. The van der Waals surface area contributed by atoms with Crippen molar-refractivity contribution < 1.29 is 4.79 Å². The van der Waals surface area contributed by atoms with Gasteiger partial charge in [-0.2, -0.15) is 0 Å². The maximum Gasteiger partial charge on any atom is 0.258 e. The summed E-state index contributed by atoms with van der Waals surface area (Å²) < 4.78 is 2.76. The van der Waals surface area contributed by atoms with Crippen LogP contribution >= 0.6 is 34.5 Å². The number of benzene rings is 1. The van der Waals surface area contributed by atoms with E-state index in [-0.39, 0.29) is 5.91 Å². The molecule has 0 saturated heterocycles. The monoisotopic (exact) mass is 402 g/mol. The van der Waals surface area contributed by atoms with Gasteiger partial charge in [0.25, 0.3) is 5.91 Å². The molecule has 0 bridgehead atoms. The minimum absolute atomic E-state index is 0.302. The Hall–Kier alpha value is -2.41. The zero-order valence-corrected chi connectivity index (χ0v) is 15.9. The van der Waals surface area contributed by atoms with Gasteiger partial charge in [-0.1, -0.05) is 35.3 Å². The number of nitrogens with zero attached hydrogens (tertiary/aromatic N) is 3. The van der Waals surface area contributed by atoms with Gasteiger partial charge in [0.1, 0.15) is 4.34 Å². The average molecular weight is 403 g/mol. The summed E-state index contributed by atoms with van der Waals surface area (Å²) in [6.45, 7) is 1.98. The Morgan fingerprint density at radius 1 is 1.23 bits per heavy atom. The Bertz CT molecular complexity index is 1140. The highest BCUT2D eigenvalue weighted by Crippen LogP contribution is 2.32. The number of carbonyl (C=O) groups excluding carboxylic acids is 1. The van der Waals surface area contributed by atoms with Crippen molar-refractivity contribution in [3.8, 4) is 11.3 Å². The Morgan fingerprint density at radius 3 is 2.81 bits per heavy atom. The van der Waals surface area contributed by atoms with E-state index < -0.39 is 0 Å². The second-order valence-electron chi connectivity index (χ2n) is 5.61. The van der Waals surface area contributed by atoms with Crippen LogP contribution in [0.3, 0.4) is 0 Å². The van der Waals surface area contributed by atoms with E-state index in [1.54, 1.807) is 12.3 Å². The number of amides is 1. The molecule has 0 aliphatic heterocycles. The lowest BCUT2D eigenvalue weighted by Gasteiger charge is -2.06. The van der Waals surface area contributed by atoms with Crippen LogP contribution in [0.5, 0.6) is 0 Å². The molecule has 0 atom stereocenters. The summed E-state index contributed by atoms with van der Waals surface area (Å²) in [7, 11) is 0. The second kappa shape index (κ2) is 6.72. The topological polar surface area (TPSA) is 59.3 Å². The number of aryl methyl sites for hydroxylation is 1. The molecule has 3 heterocycles. The minimum Gasteiger partial charge on any atom is -0.322 e. The van der Waals surface area contributed by atoms with Crippen LogP contribution in [0, 0.1) is 6.92 Å². The van der Waals surface area contributed by atoms with E-state index in [9.17, 15) is 4.79 Å². The van der Waals surface area contributed by atoms with E-state index in [1.165, 1.54) is 0 Å². The summed E-state index contributed by atoms with van der Waals surface area (Å²) in [4.78, 5) is 21.3. The lowest BCUT2D eigenvalue weighted by Crippen LogP contribution is -2.11. The Labute approximate surface area is 163 Å². The maximum absolute atomic E-state index is 12.4. The molecule has 8 heteroatoms. The third-order valence-corrected chi connectivity index (χ3v) is 5.43. The van der Waals surface area contributed by atoms with Gasteiger partial charge in [-0.15, -0.1) is 11.3 Å². The Balaban J connectivity index is 1.67. The van der Waals surface area contributed by atoms with Crippen LogP contribution in [0.4, 0.5) is 5.69 Å². The highest BCUT2D eigenvalue weighted by Gasteiger charge is 2.16. The van der Waals surface area contributed by atoms with E-state index in [4.69, 9.17) is 23.2 Å². The summed E-state index contributed by atoms with van der Waals surface area (Å²) in [5.74, 6) is 0.331. The number of anilines is 1. The first-order valence-corrected chi connectivity index (χ1v) is 9.26. The van der Waals surface area contributed by atoms with Crippen LogP contribution in [0.15, 0.2) is 48.8 Å². The van der Waals surface area contributed by atoms with Crippen molar-refractivity contribution in [2.45, 2.75) is 6.92 Å². The van der Waals surface area contributed by atoms with Gasteiger partial charge < -0.3 is 5.32 Å². The molecule has 3 aromatic heterocycles. The standard InChI is InChI=1S/C18H12Cl2N4OS/c1-10-15(23-18-21-6-3-7-24(10)18)11-4-2-5-12(8-11)22-17(25)13-9-14(19)26-16(13)20/h2-9H,1H3,(H,22,25). The zero-order valence-electron chi connectivity index (χ0n) is 13.5. The van der Waals surface area contributed by atoms with Crippen molar-refractivity contribution in [3.05, 3.63) is 68.7 Å². The van der Waals surface area contributed by atoms with E-state index in [1.807, 2.05) is 47.9 Å². The van der Waals surface area contributed by atoms with E-state index >= 15 is 0 Å².